The number of aromatic nitrogens is 2. The van der Waals surface area contributed by atoms with E-state index >= 15 is 0 Å². The topological polar surface area (TPSA) is 75.6 Å². The fourth-order valence-corrected chi connectivity index (χ4v) is 4.97. The summed E-state index contributed by atoms with van der Waals surface area (Å²) < 4.78 is 0.942. The van der Waals surface area contributed by atoms with E-state index in [0.29, 0.717) is 5.56 Å². The van der Waals surface area contributed by atoms with Crippen LogP contribution in [-0.4, -0.2) is 9.97 Å². The van der Waals surface area contributed by atoms with Crippen LogP contribution in [0.3, 0.4) is 0 Å². The molecule has 5 rings (SSSR count). The Morgan fingerprint density at radius 1 is 0.931 bits per heavy atom. The molecule has 0 atom stereocenters. The zero-order valence-corrected chi connectivity index (χ0v) is 16.5. The van der Waals surface area contributed by atoms with E-state index in [1.54, 1.807) is 11.3 Å². The number of nitrogens with two attached hydrogens (primary N) is 1. The van der Waals surface area contributed by atoms with Crippen LogP contribution in [0.1, 0.15) is 11.1 Å². The predicted octanol–water partition coefficient (Wildman–Crippen LogP) is 5.94. The first kappa shape index (κ1) is 17.4. The van der Waals surface area contributed by atoms with Gasteiger partial charge in [-0.05, 0) is 24.1 Å². The summed E-state index contributed by atoms with van der Waals surface area (Å²) in [6, 6.07) is 24.3. The molecule has 0 amide bonds. The van der Waals surface area contributed by atoms with Crippen molar-refractivity contribution in [2.24, 2.45) is 0 Å². The minimum Gasteiger partial charge on any atom is -0.383 e. The summed E-state index contributed by atoms with van der Waals surface area (Å²) in [5.74, 6) is 0.255. The maximum atomic E-state index is 9.76. The number of pyridine rings is 2. The highest BCUT2D eigenvalue weighted by atomic mass is 32.1. The number of benzene rings is 2. The summed E-state index contributed by atoms with van der Waals surface area (Å²) in [7, 11) is 0. The van der Waals surface area contributed by atoms with Crippen LogP contribution in [0.25, 0.3) is 42.8 Å². The van der Waals surface area contributed by atoms with E-state index in [-0.39, 0.29) is 5.82 Å². The van der Waals surface area contributed by atoms with Gasteiger partial charge in [0.2, 0.25) is 0 Å². The predicted molar refractivity (Wildman–Crippen MR) is 120 cm³/mol. The van der Waals surface area contributed by atoms with Crippen molar-refractivity contribution in [1.29, 1.82) is 5.26 Å². The van der Waals surface area contributed by atoms with Crippen LogP contribution >= 0.6 is 11.3 Å². The van der Waals surface area contributed by atoms with Gasteiger partial charge in [0.15, 0.2) is 0 Å². The van der Waals surface area contributed by atoms with Gasteiger partial charge in [-0.15, -0.1) is 11.3 Å². The Kier molecular flexibility index (Phi) is 4.01. The molecule has 3 heterocycles. The molecule has 0 saturated carbocycles. The van der Waals surface area contributed by atoms with Gasteiger partial charge >= 0.3 is 0 Å². The van der Waals surface area contributed by atoms with Gasteiger partial charge in [0.25, 0.3) is 0 Å². The molecule has 0 aliphatic rings. The molecule has 0 unspecified atom stereocenters. The highest BCUT2D eigenvalue weighted by Gasteiger charge is 2.21. The average molecular weight is 392 g/mol. The normalized spacial score (nSPS) is 11.0. The van der Waals surface area contributed by atoms with Crippen molar-refractivity contribution in [3.05, 3.63) is 77.9 Å². The molecule has 4 nitrogen and oxygen atoms in total. The van der Waals surface area contributed by atoms with Crippen LogP contribution in [-0.2, 0) is 0 Å². The van der Waals surface area contributed by atoms with Crippen molar-refractivity contribution in [3.8, 4) is 28.5 Å². The molecule has 0 aliphatic heterocycles. The summed E-state index contributed by atoms with van der Waals surface area (Å²) in [6.07, 6.45) is 0. The fourth-order valence-electron chi connectivity index (χ4n) is 3.71. The number of hydrogen-bond donors (Lipinski definition) is 1. The van der Waals surface area contributed by atoms with Crippen molar-refractivity contribution >= 4 is 37.6 Å². The zero-order chi connectivity index (χ0) is 20.0. The SMILES string of the molecule is Cc1cc(-c2ccccc2)nc2sc3c(-c4ccccc4)c(C#N)c(N)nc3c12. The van der Waals surface area contributed by atoms with E-state index in [4.69, 9.17) is 10.7 Å². The number of rotatable bonds is 2. The molecule has 5 heteroatoms. The highest BCUT2D eigenvalue weighted by molar-refractivity contribution is 7.26. The van der Waals surface area contributed by atoms with Crippen molar-refractivity contribution in [2.45, 2.75) is 6.92 Å². The molecule has 2 aromatic carbocycles. The standard InChI is InChI=1S/C24H16N4S/c1-14-12-18(15-8-4-2-5-9-15)27-24-19(14)21-22(29-24)20(16-10-6-3-7-11-16)17(13-25)23(26)28-21/h2-12H,1H3,(H2,26,28). The lowest BCUT2D eigenvalue weighted by atomic mass is 9.99. The largest absolute Gasteiger partial charge is 0.383 e. The van der Waals surface area contributed by atoms with Crippen LogP contribution in [0.15, 0.2) is 66.7 Å². The van der Waals surface area contributed by atoms with Gasteiger partial charge < -0.3 is 5.73 Å². The van der Waals surface area contributed by atoms with Gasteiger partial charge in [0.05, 0.1) is 15.9 Å². The molecule has 0 aliphatic carbocycles. The van der Waals surface area contributed by atoms with Gasteiger partial charge in [0.1, 0.15) is 22.3 Å². The Hall–Kier alpha value is -3.75. The van der Waals surface area contributed by atoms with E-state index in [1.165, 1.54) is 0 Å². The molecule has 5 aromatic rings. The highest BCUT2D eigenvalue weighted by Crippen LogP contribution is 2.43. The monoisotopic (exact) mass is 392 g/mol. The van der Waals surface area contributed by atoms with Crippen LogP contribution in [0, 0.1) is 18.3 Å². The first-order valence-corrected chi connectivity index (χ1v) is 10.0. The van der Waals surface area contributed by atoms with Gasteiger partial charge in [-0.3, -0.25) is 0 Å². The summed E-state index contributed by atoms with van der Waals surface area (Å²) in [5.41, 5.74) is 12.3. The Morgan fingerprint density at radius 3 is 2.24 bits per heavy atom. The van der Waals surface area contributed by atoms with E-state index < -0.39 is 0 Å². The van der Waals surface area contributed by atoms with Crippen molar-refractivity contribution in [2.75, 3.05) is 5.73 Å². The number of fused-ring (bicyclic) bond motifs is 3. The Morgan fingerprint density at radius 2 is 1.59 bits per heavy atom. The molecule has 29 heavy (non-hydrogen) atoms. The Balaban J connectivity index is 1.89. The van der Waals surface area contributed by atoms with Crippen molar-refractivity contribution in [1.82, 2.24) is 9.97 Å². The van der Waals surface area contributed by atoms with Crippen molar-refractivity contribution < 1.29 is 0 Å². The van der Waals surface area contributed by atoms with Crippen LogP contribution in [0.4, 0.5) is 5.82 Å². The molecule has 0 fully saturated rings. The minimum absolute atomic E-state index is 0.255. The molecule has 0 spiro atoms. The molecular formula is C24H16N4S. The number of nitriles is 1. The molecule has 0 saturated heterocycles. The molecule has 3 aromatic heterocycles. The van der Waals surface area contributed by atoms with Gasteiger partial charge in [0, 0.05) is 16.5 Å². The third-order valence-corrected chi connectivity index (χ3v) is 6.13. The maximum absolute atomic E-state index is 9.76. The number of anilines is 1. The first-order valence-electron chi connectivity index (χ1n) is 9.21. The van der Waals surface area contributed by atoms with Crippen LogP contribution in [0.2, 0.25) is 0 Å². The maximum Gasteiger partial charge on any atom is 0.142 e. The third-order valence-electron chi connectivity index (χ3n) is 5.04. The van der Waals surface area contributed by atoms with Gasteiger partial charge in [-0.25, -0.2) is 9.97 Å². The second-order valence-electron chi connectivity index (χ2n) is 6.88. The van der Waals surface area contributed by atoms with E-state index in [2.05, 4.69) is 36.2 Å². The summed E-state index contributed by atoms with van der Waals surface area (Å²) >= 11 is 1.56. The summed E-state index contributed by atoms with van der Waals surface area (Å²) in [5, 5.41) is 10.8. The molecule has 2 N–H and O–H groups in total. The zero-order valence-electron chi connectivity index (χ0n) is 15.7. The van der Waals surface area contributed by atoms with Crippen molar-refractivity contribution in [3.63, 3.8) is 0 Å². The van der Waals surface area contributed by atoms with Gasteiger partial charge in [-0.2, -0.15) is 5.26 Å². The van der Waals surface area contributed by atoms with E-state index in [9.17, 15) is 5.26 Å². The summed E-state index contributed by atoms with van der Waals surface area (Å²) in [4.78, 5) is 10.4. The third kappa shape index (κ3) is 2.74. The minimum atomic E-state index is 0.255. The van der Waals surface area contributed by atoms with Crippen LogP contribution in [0.5, 0.6) is 0 Å². The number of nitrogen functional groups attached to an aromatic ring is 1. The quantitative estimate of drug-likeness (QED) is 0.403. The molecule has 0 bridgehead atoms. The number of nitrogens with zero attached hydrogens (tertiary/aromatic N) is 3. The Labute approximate surface area is 171 Å². The van der Waals surface area contributed by atoms with E-state index in [1.807, 2.05) is 48.5 Å². The fraction of sp³-hybridized carbons (Fsp3) is 0.0417. The molecule has 0 radical (unpaired) electrons. The first-order chi connectivity index (χ1) is 14.2. The lowest BCUT2D eigenvalue weighted by molar-refractivity contribution is 1.37. The van der Waals surface area contributed by atoms with Crippen LogP contribution < -0.4 is 5.73 Å². The lowest BCUT2D eigenvalue weighted by Gasteiger charge is -2.08. The molecular weight excluding hydrogens is 376 g/mol. The lowest BCUT2D eigenvalue weighted by Crippen LogP contribution is -1.98. The molecule has 138 valence electrons. The number of hydrogen-bond acceptors (Lipinski definition) is 5. The number of thiophene rings is 1. The second-order valence-corrected chi connectivity index (χ2v) is 7.87. The summed E-state index contributed by atoms with van der Waals surface area (Å²) in [6.45, 7) is 2.07. The Bertz CT molecular complexity index is 1410. The van der Waals surface area contributed by atoms with Gasteiger partial charge in [-0.1, -0.05) is 60.7 Å². The van der Waals surface area contributed by atoms with E-state index in [0.717, 1.165) is 48.4 Å². The smallest absolute Gasteiger partial charge is 0.142 e. The number of aryl methyl sites for hydroxylation is 1. The average Bonchev–Trinajstić information content (AvgIpc) is 3.12. The second kappa shape index (κ2) is 6.69.